The van der Waals surface area contributed by atoms with Crippen molar-refractivity contribution in [2.75, 3.05) is 5.01 Å². The molecule has 0 radical (unpaired) electrons. The number of rotatable bonds is 1. The first-order chi connectivity index (χ1) is 6.29. The van der Waals surface area contributed by atoms with E-state index in [-0.39, 0.29) is 0 Å². The van der Waals surface area contributed by atoms with Gasteiger partial charge in [-0.25, -0.2) is 5.01 Å². The Bertz CT molecular complexity index is 334. The molecule has 0 bridgehead atoms. The second kappa shape index (κ2) is 2.99. The second-order valence-electron chi connectivity index (χ2n) is 2.81. The van der Waals surface area contributed by atoms with Crippen molar-refractivity contribution in [1.29, 1.82) is 0 Å². The maximum atomic E-state index is 5.56. The van der Waals surface area contributed by atoms with Crippen LogP contribution in [0.5, 0.6) is 0 Å². The van der Waals surface area contributed by atoms with Gasteiger partial charge in [0.2, 0.25) is 5.88 Å². The fourth-order valence-corrected chi connectivity index (χ4v) is 1.17. The van der Waals surface area contributed by atoms with Crippen LogP contribution in [-0.2, 0) is 4.84 Å². The van der Waals surface area contributed by atoms with Crippen LogP contribution in [-0.4, -0.2) is 0 Å². The molecule has 0 atom stereocenters. The zero-order chi connectivity index (χ0) is 9.26. The van der Waals surface area contributed by atoms with Gasteiger partial charge in [0.1, 0.15) is 0 Å². The van der Waals surface area contributed by atoms with Crippen LogP contribution in [0.4, 0.5) is 5.69 Å². The number of para-hydroxylation sites is 1. The van der Waals surface area contributed by atoms with Gasteiger partial charge in [0.15, 0.2) is 0 Å². The third-order valence-electron chi connectivity index (χ3n) is 1.95. The number of hydrazine groups is 1. The van der Waals surface area contributed by atoms with Crippen LogP contribution < -0.4 is 16.3 Å². The molecule has 4 nitrogen and oxygen atoms in total. The molecule has 0 aliphatic carbocycles. The van der Waals surface area contributed by atoms with Gasteiger partial charge in [0, 0.05) is 0 Å². The van der Waals surface area contributed by atoms with Gasteiger partial charge >= 0.3 is 0 Å². The Kier molecular flexibility index (Phi) is 1.83. The largest absolute Gasteiger partial charge is 0.369 e. The average molecular weight is 177 g/mol. The van der Waals surface area contributed by atoms with Crippen LogP contribution in [0, 0.1) is 0 Å². The van der Waals surface area contributed by atoms with E-state index in [9.17, 15) is 0 Å². The van der Waals surface area contributed by atoms with E-state index in [4.69, 9.17) is 10.6 Å². The molecule has 0 spiro atoms. The standard InChI is InChI=1S/C9H11N3O/c1-7-9(10)13-11-12(7)8-5-3-2-4-6-8/h2-6,11H,10H2,1H3. The van der Waals surface area contributed by atoms with Crippen molar-refractivity contribution in [1.82, 2.24) is 5.59 Å². The summed E-state index contributed by atoms with van der Waals surface area (Å²) in [6.07, 6.45) is 0. The molecular weight excluding hydrogens is 166 g/mol. The Morgan fingerprint density at radius 2 is 2.00 bits per heavy atom. The van der Waals surface area contributed by atoms with Crippen LogP contribution in [0.15, 0.2) is 41.9 Å². The Balaban J connectivity index is 2.30. The van der Waals surface area contributed by atoms with Gasteiger partial charge in [-0.1, -0.05) is 23.8 Å². The highest BCUT2D eigenvalue weighted by Crippen LogP contribution is 2.20. The Morgan fingerprint density at radius 3 is 2.54 bits per heavy atom. The first kappa shape index (κ1) is 7.94. The summed E-state index contributed by atoms with van der Waals surface area (Å²) in [6.45, 7) is 1.89. The van der Waals surface area contributed by atoms with Gasteiger partial charge in [-0.05, 0) is 19.1 Å². The van der Waals surface area contributed by atoms with Crippen molar-refractivity contribution in [2.45, 2.75) is 6.92 Å². The van der Waals surface area contributed by atoms with E-state index in [1.807, 2.05) is 37.3 Å². The molecule has 1 heterocycles. The number of nitrogens with zero attached hydrogens (tertiary/aromatic N) is 1. The van der Waals surface area contributed by atoms with Gasteiger partial charge in [-0.3, -0.25) is 0 Å². The Labute approximate surface area is 76.5 Å². The van der Waals surface area contributed by atoms with E-state index in [0.717, 1.165) is 11.4 Å². The van der Waals surface area contributed by atoms with E-state index in [0.29, 0.717) is 5.88 Å². The molecule has 1 aromatic carbocycles. The van der Waals surface area contributed by atoms with Crippen molar-refractivity contribution in [3.05, 3.63) is 41.9 Å². The third-order valence-corrected chi connectivity index (χ3v) is 1.95. The topological polar surface area (TPSA) is 50.5 Å². The molecular formula is C9H11N3O. The second-order valence-corrected chi connectivity index (χ2v) is 2.81. The summed E-state index contributed by atoms with van der Waals surface area (Å²) < 4.78 is 0. The molecule has 2 rings (SSSR count). The summed E-state index contributed by atoms with van der Waals surface area (Å²) in [5.41, 5.74) is 10.1. The summed E-state index contributed by atoms with van der Waals surface area (Å²) in [7, 11) is 0. The number of allylic oxidation sites excluding steroid dienone is 1. The lowest BCUT2D eigenvalue weighted by Crippen LogP contribution is -2.29. The number of benzene rings is 1. The number of nitrogens with two attached hydrogens (primary N) is 1. The minimum absolute atomic E-state index is 0.406. The molecule has 4 heteroatoms. The molecule has 1 aromatic rings. The summed E-state index contributed by atoms with van der Waals surface area (Å²) >= 11 is 0. The molecule has 0 aromatic heterocycles. The fourth-order valence-electron chi connectivity index (χ4n) is 1.17. The van der Waals surface area contributed by atoms with E-state index in [1.54, 1.807) is 5.01 Å². The van der Waals surface area contributed by atoms with Crippen molar-refractivity contribution >= 4 is 5.69 Å². The van der Waals surface area contributed by atoms with E-state index < -0.39 is 0 Å². The summed E-state index contributed by atoms with van der Waals surface area (Å²) in [5.74, 6) is 0.406. The smallest absolute Gasteiger partial charge is 0.232 e. The summed E-state index contributed by atoms with van der Waals surface area (Å²) in [5, 5.41) is 1.79. The molecule has 0 fully saturated rings. The quantitative estimate of drug-likeness (QED) is 0.674. The molecule has 0 amide bonds. The number of hydrogen-bond acceptors (Lipinski definition) is 4. The molecule has 1 aliphatic heterocycles. The minimum Gasteiger partial charge on any atom is -0.369 e. The van der Waals surface area contributed by atoms with Crippen LogP contribution in [0.3, 0.4) is 0 Å². The lowest BCUT2D eigenvalue weighted by atomic mass is 10.3. The van der Waals surface area contributed by atoms with E-state index in [1.165, 1.54) is 0 Å². The minimum atomic E-state index is 0.406. The number of anilines is 1. The normalized spacial score (nSPS) is 16.2. The Morgan fingerprint density at radius 1 is 1.31 bits per heavy atom. The predicted molar refractivity (Wildman–Crippen MR) is 50.0 cm³/mol. The predicted octanol–water partition coefficient (Wildman–Crippen LogP) is 1.09. The molecule has 3 N–H and O–H groups in total. The lowest BCUT2D eigenvalue weighted by Gasteiger charge is -2.16. The van der Waals surface area contributed by atoms with Crippen LogP contribution in [0.25, 0.3) is 0 Å². The van der Waals surface area contributed by atoms with Crippen molar-refractivity contribution < 1.29 is 4.84 Å². The zero-order valence-electron chi connectivity index (χ0n) is 7.32. The van der Waals surface area contributed by atoms with Gasteiger partial charge in [-0.15, -0.1) is 0 Å². The van der Waals surface area contributed by atoms with E-state index in [2.05, 4.69) is 5.59 Å². The maximum absolute atomic E-state index is 5.56. The highest BCUT2D eigenvalue weighted by Gasteiger charge is 2.19. The van der Waals surface area contributed by atoms with Crippen molar-refractivity contribution in [3.63, 3.8) is 0 Å². The molecule has 68 valence electrons. The average Bonchev–Trinajstić information content (AvgIpc) is 2.49. The first-order valence-electron chi connectivity index (χ1n) is 4.03. The highest BCUT2D eigenvalue weighted by molar-refractivity contribution is 5.50. The fraction of sp³-hybridized carbons (Fsp3) is 0.111. The summed E-state index contributed by atoms with van der Waals surface area (Å²) in [4.78, 5) is 4.97. The molecule has 0 saturated carbocycles. The van der Waals surface area contributed by atoms with Gasteiger partial charge in [-0.2, -0.15) is 0 Å². The SMILES string of the molecule is CC1=C(N)ONN1c1ccccc1. The first-order valence-corrected chi connectivity index (χ1v) is 4.03. The Hall–Kier alpha value is -1.68. The number of hydrogen-bond donors (Lipinski definition) is 2. The monoisotopic (exact) mass is 177 g/mol. The molecule has 13 heavy (non-hydrogen) atoms. The van der Waals surface area contributed by atoms with Crippen LogP contribution in [0.1, 0.15) is 6.92 Å². The lowest BCUT2D eigenvalue weighted by molar-refractivity contribution is 0.129. The third kappa shape index (κ3) is 1.31. The zero-order valence-corrected chi connectivity index (χ0v) is 7.32. The highest BCUT2D eigenvalue weighted by atomic mass is 16.7. The van der Waals surface area contributed by atoms with Crippen molar-refractivity contribution in [3.8, 4) is 0 Å². The van der Waals surface area contributed by atoms with Gasteiger partial charge < -0.3 is 10.6 Å². The van der Waals surface area contributed by atoms with Crippen molar-refractivity contribution in [2.24, 2.45) is 5.73 Å². The van der Waals surface area contributed by atoms with Gasteiger partial charge in [0.05, 0.1) is 11.4 Å². The maximum Gasteiger partial charge on any atom is 0.232 e. The number of nitrogens with one attached hydrogen (secondary N) is 1. The summed E-state index contributed by atoms with van der Waals surface area (Å²) in [6, 6.07) is 9.82. The van der Waals surface area contributed by atoms with Gasteiger partial charge in [0.25, 0.3) is 0 Å². The molecule has 1 aliphatic rings. The molecule has 0 saturated heterocycles. The van der Waals surface area contributed by atoms with Crippen LogP contribution in [0.2, 0.25) is 0 Å². The molecule has 0 unspecified atom stereocenters. The van der Waals surface area contributed by atoms with E-state index >= 15 is 0 Å². The van der Waals surface area contributed by atoms with Crippen LogP contribution >= 0.6 is 0 Å².